The van der Waals surface area contributed by atoms with Gasteiger partial charge in [-0.25, -0.2) is 4.39 Å². The molecule has 6 aliphatic carbocycles. The van der Waals surface area contributed by atoms with Gasteiger partial charge in [-0.3, -0.25) is 0 Å². The molecular formula is C128H145FN5+5. The summed E-state index contributed by atoms with van der Waals surface area (Å²) < 4.78 is 69.3. The standard InChI is InChI=1S/C27H32N.C27H28N.C26H30N.C25H28N.C23H27FN/c1-16-10-17(2)19(4)25(11-16)27-24-9-8-22(15-23(24)12-18(3)28(27)5)26-14-20-6-7-21(26)13-20;1-18(2)23-12-9-13-25-26(23)17-20(4)28(5)27(25)24-15-14-22(16-19(24)3)21-10-7-6-8-11-21;1-16-5-6-17(2)24(11-16)26-23-10-9-21(15-22(23)12-18(3)27(26)4)25-14-19-7-8-20(25)13-19;1-16-6-4-5-7-22(16)25-23-11-10-20(15-21(23)12-17(2)26(25)3)24-14-18-8-9-19(24)13-18;1-13(2)18-9-8-10-19-21(18)12-15(4)25(7)23(19)20-11-14(3)22(24)17(6)16(20)5/h8-12,15,20-21,26H,6-7,13-14H2,1-5H3;6-18H,1-5H3;5-6,9-12,15,19-20,25H,7-8,13-14H2,1-4H3;4-7,10-12,15,18-19,24H,8-9,13-14H2,1-3H3;8-13H,1-7H3/q5*+1/i12D;17D;3*12D. The molecule has 0 radical (unpaired) electrons. The predicted octanol–water partition coefficient (Wildman–Crippen LogP) is 31.0. The first-order valence-electron chi connectivity index (χ1n) is 52.7. The second kappa shape index (κ2) is 37.9. The molecule has 9 atom stereocenters. The Bertz CT molecular complexity index is 7610. The van der Waals surface area contributed by atoms with Crippen LogP contribution in [0.3, 0.4) is 0 Å². The van der Waals surface area contributed by atoms with Gasteiger partial charge in [-0.15, -0.1) is 0 Å². The van der Waals surface area contributed by atoms with Gasteiger partial charge in [0.2, 0.25) is 28.5 Å². The summed E-state index contributed by atoms with van der Waals surface area (Å²) in [6.07, 6.45) is 16.8. The van der Waals surface area contributed by atoms with Gasteiger partial charge in [-0.1, -0.05) is 198 Å². The minimum atomic E-state index is -0.130. The number of aryl methyl sites for hydroxylation is 7. The molecule has 684 valence electrons. The molecule has 16 aromatic rings. The Morgan fingerprint density at radius 2 is 0.672 bits per heavy atom. The largest absolute Gasteiger partial charge is 0.220 e. The normalized spacial score (nSPS) is 19.6. The lowest BCUT2D eigenvalue weighted by atomic mass is 9.82. The molecule has 6 saturated carbocycles. The molecule has 5 aromatic heterocycles. The summed E-state index contributed by atoms with van der Waals surface area (Å²) in [4.78, 5) is 0. The molecule has 6 heteroatoms. The van der Waals surface area contributed by atoms with E-state index in [0.717, 1.165) is 119 Å². The Kier molecular flexibility index (Phi) is 24.5. The zero-order valence-corrected chi connectivity index (χ0v) is 84.5. The van der Waals surface area contributed by atoms with Crippen molar-refractivity contribution in [3.8, 4) is 67.4 Å². The second-order valence-corrected chi connectivity index (χ2v) is 42.3. The lowest BCUT2D eigenvalue weighted by Crippen LogP contribution is -2.35. The van der Waals surface area contributed by atoms with Crippen molar-refractivity contribution in [3.05, 3.63) is 348 Å². The van der Waals surface area contributed by atoms with Gasteiger partial charge in [-0.2, -0.15) is 22.8 Å². The van der Waals surface area contributed by atoms with Crippen LogP contribution in [0.4, 0.5) is 4.39 Å². The summed E-state index contributed by atoms with van der Waals surface area (Å²) in [5, 5.41) is 11.3. The summed E-state index contributed by atoms with van der Waals surface area (Å²) in [6, 6.07) is 76.0. The Labute approximate surface area is 807 Å². The average molecular weight is 1780 g/mol. The summed E-state index contributed by atoms with van der Waals surface area (Å²) in [7, 11) is 10.4. The number of benzene rings is 11. The van der Waals surface area contributed by atoms with Crippen molar-refractivity contribution in [1.82, 2.24) is 0 Å². The van der Waals surface area contributed by atoms with Crippen molar-refractivity contribution < 1.29 is 34.1 Å². The monoisotopic (exact) mass is 1780 g/mol. The highest BCUT2D eigenvalue weighted by Gasteiger charge is 2.43. The zero-order chi connectivity index (χ0) is 98.8. The zero-order valence-electron chi connectivity index (χ0n) is 89.5. The van der Waals surface area contributed by atoms with Gasteiger partial charge in [0.15, 0.2) is 28.5 Å². The van der Waals surface area contributed by atoms with Gasteiger partial charge in [0.25, 0.3) is 0 Å². The smallest absolute Gasteiger partial charge is 0.206 e. The van der Waals surface area contributed by atoms with Crippen molar-refractivity contribution in [2.75, 3.05) is 0 Å². The molecule has 11 aromatic carbocycles. The Morgan fingerprint density at radius 1 is 0.276 bits per heavy atom. The minimum absolute atomic E-state index is 0.130. The van der Waals surface area contributed by atoms with Crippen LogP contribution < -0.4 is 22.8 Å². The van der Waals surface area contributed by atoms with Crippen LogP contribution in [0.5, 0.6) is 0 Å². The molecule has 5 heterocycles. The molecule has 6 fully saturated rings. The number of hydrogen-bond acceptors (Lipinski definition) is 0. The van der Waals surface area contributed by atoms with Crippen molar-refractivity contribution in [2.24, 2.45) is 70.7 Å². The third-order valence-corrected chi connectivity index (χ3v) is 33.1. The molecule has 6 bridgehead atoms. The summed E-state index contributed by atoms with van der Waals surface area (Å²) in [5.74, 6) is 8.16. The van der Waals surface area contributed by atoms with Crippen LogP contribution in [0.25, 0.3) is 121 Å². The minimum Gasteiger partial charge on any atom is -0.206 e. The lowest BCUT2D eigenvalue weighted by molar-refractivity contribution is -0.665. The van der Waals surface area contributed by atoms with E-state index in [1.54, 1.807) is 0 Å². The Balaban J connectivity index is 0.000000115. The fraction of sp³-hybridized carbons (Fsp3) is 0.367. The van der Waals surface area contributed by atoms with E-state index >= 15 is 0 Å². The van der Waals surface area contributed by atoms with E-state index in [2.05, 4.69) is 343 Å². The highest BCUT2D eigenvalue weighted by molar-refractivity contribution is 6.00. The SMILES string of the molecule is [2H]c1c(C)[n+](C)c(-c2cc(C)c(F)c(C)c2C)c2cccc(C(C)C)c12.[2H]c1c(C)[n+](C)c(-c2cc(C)cc(C)c2C)c2ccc(C3CC4CCC3C4)cc12.[2H]c1c(C)[n+](C)c(-c2cc(C)ccc2C)c2ccc(C3CC4CCC3C4)cc12.[2H]c1c(C)[n+](C)c(-c2ccc(-c3ccccc3)cc2C)c2cccc(C(C)C)c12.[2H]c1c(C)[n+](C)c(-c2ccccc2C)c2ccc(C3CC4CCC3C4)cc12. The molecule has 9 unspecified atom stereocenters. The highest BCUT2D eigenvalue weighted by Crippen LogP contribution is 2.56. The second-order valence-electron chi connectivity index (χ2n) is 42.3. The number of pyridine rings is 5. The molecule has 0 saturated heterocycles. The number of halogens is 1. The van der Waals surface area contributed by atoms with Crippen LogP contribution in [0.1, 0.15) is 253 Å². The fourth-order valence-corrected chi connectivity index (χ4v) is 24.9. The van der Waals surface area contributed by atoms with Crippen LogP contribution in [-0.2, 0) is 35.2 Å². The number of rotatable bonds is 11. The maximum atomic E-state index is 14.4. The Morgan fingerprint density at radius 3 is 1.10 bits per heavy atom. The number of fused-ring (bicyclic) bond motifs is 11. The maximum Gasteiger partial charge on any atom is 0.220 e. The molecule has 134 heavy (non-hydrogen) atoms. The predicted molar refractivity (Wildman–Crippen MR) is 562 cm³/mol. The van der Waals surface area contributed by atoms with Crippen LogP contribution in [0.2, 0.25) is 0 Å². The van der Waals surface area contributed by atoms with Gasteiger partial charge in [0.05, 0.1) is 44.9 Å². The fourth-order valence-electron chi connectivity index (χ4n) is 24.9. The van der Waals surface area contributed by atoms with E-state index in [1.165, 1.54) is 216 Å². The van der Waals surface area contributed by atoms with Crippen LogP contribution >= 0.6 is 0 Å². The van der Waals surface area contributed by atoms with Gasteiger partial charge < -0.3 is 0 Å². The number of hydrogen-bond donors (Lipinski definition) is 0. The molecule has 0 aliphatic heterocycles. The van der Waals surface area contributed by atoms with E-state index in [-0.39, 0.29) is 5.82 Å². The van der Waals surface area contributed by atoms with Gasteiger partial charge in [-0.05, 0) is 363 Å². The quantitative estimate of drug-likeness (QED) is 0.115. The van der Waals surface area contributed by atoms with Crippen molar-refractivity contribution >= 4 is 53.9 Å². The van der Waals surface area contributed by atoms with E-state index in [0.29, 0.717) is 70.9 Å². The summed E-state index contributed by atoms with van der Waals surface area (Å²) in [6.45, 7) is 40.0. The summed E-state index contributed by atoms with van der Waals surface area (Å²) >= 11 is 0. The number of aromatic nitrogens is 5. The number of nitrogens with zero attached hydrogens (tertiary/aromatic N) is 5. The molecular weight excluding hydrogens is 1630 g/mol. The third kappa shape index (κ3) is 17.7. The lowest BCUT2D eigenvalue weighted by Gasteiger charge is -2.22. The van der Waals surface area contributed by atoms with Crippen LogP contribution in [0.15, 0.2) is 230 Å². The topological polar surface area (TPSA) is 19.4 Å². The van der Waals surface area contributed by atoms with Crippen molar-refractivity contribution in [2.45, 2.75) is 238 Å². The summed E-state index contributed by atoms with van der Waals surface area (Å²) in [5.41, 5.74) is 37.7. The average Bonchev–Trinajstić information content (AvgIpc) is 1.19. The molecule has 0 amide bonds. The molecule has 6 aliphatic rings. The van der Waals surface area contributed by atoms with Crippen molar-refractivity contribution in [1.29, 1.82) is 0 Å². The molecule has 0 N–H and O–H groups in total. The molecule has 5 nitrogen and oxygen atoms in total. The maximum absolute atomic E-state index is 14.4. The van der Waals surface area contributed by atoms with E-state index in [4.69, 9.17) is 6.85 Å². The first kappa shape index (κ1) is 86.5. The highest BCUT2D eigenvalue weighted by atomic mass is 19.1. The van der Waals surface area contributed by atoms with Gasteiger partial charge in [0, 0.05) is 81.5 Å². The van der Waals surface area contributed by atoms with Gasteiger partial charge >= 0.3 is 0 Å². The molecule has 0 spiro atoms. The third-order valence-electron chi connectivity index (χ3n) is 33.1. The van der Waals surface area contributed by atoms with E-state index in [1.807, 2.05) is 46.9 Å². The molecule has 22 rings (SSSR count). The van der Waals surface area contributed by atoms with E-state index < -0.39 is 0 Å². The van der Waals surface area contributed by atoms with Crippen molar-refractivity contribution in [3.63, 3.8) is 0 Å². The first-order valence-corrected chi connectivity index (χ1v) is 50.2. The van der Waals surface area contributed by atoms with E-state index in [9.17, 15) is 4.39 Å². The first-order chi connectivity index (χ1) is 66.4. The van der Waals surface area contributed by atoms with Crippen LogP contribution in [0, 0.1) is 145 Å². The van der Waals surface area contributed by atoms with Crippen LogP contribution in [-0.4, -0.2) is 0 Å². The van der Waals surface area contributed by atoms with Gasteiger partial charge in [0.1, 0.15) is 41.1 Å². The Hall–Kier alpha value is -11.6.